The van der Waals surface area contributed by atoms with E-state index in [0.29, 0.717) is 0 Å². The van der Waals surface area contributed by atoms with Crippen molar-refractivity contribution in [1.82, 2.24) is 0 Å². The first-order chi connectivity index (χ1) is 10.3. The van der Waals surface area contributed by atoms with Gasteiger partial charge < -0.3 is 9.47 Å². The molecule has 2 atom stereocenters. The van der Waals surface area contributed by atoms with Gasteiger partial charge in [0.25, 0.3) is 0 Å². The summed E-state index contributed by atoms with van der Waals surface area (Å²) in [6.07, 6.45) is 9.55. The van der Waals surface area contributed by atoms with Crippen molar-refractivity contribution in [3.05, 3.63) is 29.8 Å². The molecule has 0 aromatic heterocycles. The Bertz CT molecular complexity index is 377. The molecule has 0 N–H and O–H groups in total. The molecule has 1 heterocycles. The van der Waals surface area contributed by atoms with Crippen molar-refractivity contribution in [2.24, 2.45) is 5.92 Å². The van der Waals surface area contributed by atoms with Crippen molar-refractivity contribution in [1.29, 1.82) is 0 Å². The molecule has 0 aliphatic carbocycles. The van der Waals surface area contributed by atoms with Crippen LogP contribution in [0.25, 0.3) is 0 Å². The normalized spacial score (nSPS) is 22.2. The Balaban J connectivity index is 1.73. The fourth-order valence-corrected chi connectivity index (χ4v) is 3.10. The van der Waals surface area contributed by atoms with Crippen LogP contribution in [0.4, 0.5) is 0 Å². The summed E-state index contributed by atoms with van der Waals surface area (Å²) in [6, 6.07) is 8.41. The third-order valence-corrected chi connectivity index (χ3v) is 4.40. The Morgan fingerprint density at radius 1 is 1.05 bits per heavy atom. The van der Waals surface area contributed by atoms with Gasteiger partial charge in [-0.1, -0.05) is 44.7 Å². The highest BCUT2D eigenvalue weighted by molar-refractivity contribution is 5.28. The minimum Gasteiger partial charge on any atom is -0.494 e. The summed E-state index contributed by atoms with van der Waals surface area (Å²) in [5.74, 6) is 1.73. The summed E-state index contributed by atoms with van der Waals surface area (Å²) < 4.78 is 11.6. The second kappa shape index (κ2) is 9.09. The summed E-state index contributed by atoms with van der Waals surface area (Å²) >= 11 is 0. The van der Waals surface area contributed by atoms with E-state index in [-0.39, 0.29) is 6.10 Å². The zero-order valence-electron chi connectivity index (χ0n) is 13.6. The highest BCUT2D eigenvalue weighted by Gasteiger charge is 2.22. The van der Waals surface area contributed by atoms with Gasteiger partial charge in [-0.05, 0) is 49.8 Å². The standard InChI is InChI=1S/C19H30O2/c1-3-5-6-7-8-16-9-14-19(21-15-16)17-10-12-18(13-11-17)20-4-2/h10-13,16,19H,3-9,14-15H2,1-2H3. The summed E-state index contributed by atoms with van der Waals surface area (Å²) in [7, 11) is 0. The third kappa shape index (κ3) is 5.35. The topological polar surface area (TPSA) is 18.5 Å². The quantitative estimate of drug-likeness (QED) is 0.587. The third-order valence-electron chi connectivity index (χ3n) is 4.40. The molecule has 1 fully saturated rings. The van der Waals surface area contributed by atoms with Crippen LogP contribution >= 0.6 is 0 Å². The summed E-state index contributed by atoms with van der Waals surface area (Å²) in [5, 5.41) is 0. The van der Waals surface area contributed by atoms with E-state index in [1.165, 1.54) is 44.1 Å². The van der Waals surface area contributed by atoms with E-state index < -0.39 is 0 Å². The fourth-order valence-electron chi connectivity index (χ4n) is 3.10. The molecule has 1 aromatic rings. The molecule has 0 saturated carbocycles. The minimum atomic E-state index is 0.285. The van der Waals surface area contributed by atoms with Crippen LogP contribution in [0, 0.1) is 5.92 Å². The van der Waals surface area contributed by atoms with Crippen LogP contribution in [0.2, 0.25) is 0 Å². The first-order valence-corrected chi connectivity index (χ1v) is 8.67. The van der Waals surface area contributed by atoms with E-state index in [2.05, 4.69) is 31.2 Å². The van der Waals surface area contributed by atoms with E-state index in [9.17, 15) is 0 Å². The molecule has 1 aliphatic rings. The molecule has 0 bridgehead atoms. The van der Waals surface area contributed by atoms with Crippen molar-refractivity contribution >= 4 is 0 Å². The molecule has 1 aromatic carbocycles. The van der Waals surface area contributed by atoms with Gasteiger partial charge in [-0.25, -0.2) is 0 Å². The molecule has 21 heavy (non-hydrogen) atoms. The molecule has 0 radical (unpaired) electrons. The van der Waals surface area contributed by atoms with Gasteiger partial charge in [0.2, 0.25) is 0 Å². The van der Waals surface area contributed by atoms with E-state index in [1.54, 1.807) is 0 Å². The zero-order chi connectivity index (χ0) is 14.9. The lowest BCUT2D eigenvalue weighted by Crippen LogP contribution is -2.20. The van der Waals surface area contributed by atoms with Gasteiger partial charge in [0.15, 0.2) is 0 Å². The predicted molar refractivity (Wildman–Crippen MR) is 87.8 cm³/mol. The van der Waals surface area contributed by atoms with Crippen LogP contribution in [-0.2, 0) is 4.74 Å². The van der Waals surface area contributed by atoms with Gasteiger partial charge in [-0.2, -0.15) is 0 Å². The number of unbranched alkanes of at least 4 members (excludes halogenated alkanes) is 3. The van der Waals surface area contributed by atoms with Gasteiger partial charge in [0.05, 0.1) is 19.3 Å². The Kier molecular flexibility index (Phi) is 7.08. The van der Waals surface area contributed by atoms with Crippen LogP contribution in [0.1, 0.15) is 70.5 Å². The maximum Gasteiger partial charge on any atom is 0.119 e. The average molecular weight is 290 g/mol. The van der Waals surface area contributed by atoms with Gasteiger partial charge in [0.1, 0.15) is 5.75 Å². The lowest BCUT2D eigenvalue weighted by Gasteiger charge is -2.29. The smallest absolute Gasteiger partial charge is 0.119 e. The zero-order valence-corrected chi connectivity index (χ0v) is 13.6. The lowest BCUT2D eigenvalue weighted by molar-refractivity contribution is -0.0199. The lowest BCUT2D eigenvalue weighted by atomic mass is 9.91. The molecule has 0 amide bonds. The largest absolute Gasteiger partial charge is 0.494 e. The highest BCUT2D eigenvalue weighted by Crippen LogP contribution is 2.33. The Morgan fingerprint density at radius 3 is 2.48 bits per heavy atom. The SMILES string of the molecule is CCCCCCC1CCC(c2ccc(OCC)cc2)OC1. The molecule has 2 rings (SSSR count). The number of ether oxygens (including phenoxy) is 2. The van der Waals surface area contributed by atoms with Gasteiger partial charge in [-0.3, -0.25) is 0 Å². The molecule has 118 valence electrons. The number of benzene rings is 1. The summed E-state index contributed by atoms with van der Waals surface area (Å²) in [5.41, 5.74) is 1.29. The predicted octanol–water partition coefficient (Wildman–Crippen LogP) is 5.52. The van der Waals surface area contributed by atoms with Gasteiger partial charge in [0, 0.05) is 0 Å². The summed E-state index contributed by atoms with van der Waals surface area (Å²) in [6.45, 7) is 5.94. The molecule has 0 spiro atoms. The second-order valence-electron chi connectivity index (χ2n) is 6.12. The minimum absolute atomic E-state index is 0.285. The van der Waals surface area contributed by atoms with Crippen LogP contribution < -0.4 is 4.74 Å². The number of hydrogen-bond acceptors (Lipinski definition) is 2. The Hall–Kier alpha value is -1.02. The van der Waals surface area contributed by atoms with Crippen LogP contribution in [0.5, 0.6) is 5.75 Å². The molecule has 1 saturated heterocycles. The van der Waals surface area contributed by atoms with Crippen molar-refractivity contribution in [3.8, 4) is 5.75 Å². The van der Waals surface area contributed by atoms with Crippen molar-refractivity contribution in [2.45, 2.75) is 64.9 Å². The Morgan fingerprint density at radius 2 is 1.86 bits per heavy atom. The summed E-state index contributed by atoms with van der Waals surface area (Å²) in [4.78, 5) is 0. The fraction of sp³-hybridized carbons (Fsp3) is 0.684. The van der Waals surface area contributed by atoms with Crippen LogP contribution in [-0.4, -0.2) is 13.2 Å². The van der Waals surface area contributed by atoms with Crippen molar-refractivity contribution in [2.75, 3.05) is 13.2 Å². The van der Waals surface area contributed by atoms with Gasteiger partial charge >= 0.3 is 0 Å². The average Bonchev–Trinajstić information content (AvgIpc) is 2.53. The van der Waals surface area contributed by atoms with E-state index in [0.717, 1.165) is 31.3 Å². The highest BCUT2D eigenvalue weighted by atomic mass is 16.5. The van der Waals surface area contributed by atoms with Crippen LogP contribution in [0.3, 0.4) is 0 Å². The first-order valence-electron chi connectivity index (χ1n) is 8.67. The van der Waals surface area contributed by atoms with E-state index >= 15 is 0 Å². The molecular weight excluding hydrogens is 260 g/mol. The number of rotatable bonds is 8. The molecule has 2 nitrogen and oxygen atoms in total. The Labute approximate surface area is 129 Å². The van der Waals surface area contributed by atoms with Crippen molar-refractivity contribution in [3.63, 3.8) is 0 Å². The number of hydrogen-bond donors (Lipinski definition) is 0. The van der Waals surface area contributed by atoms with Crippen molar-refractivity contribution < 1.29 is 9.47 Å². The maximum absolute atomic E-state index is 6.09. The van der Waals surface area contributed by atoms with Crippen LogP contribution in [0.15, 0.2) is 24.3 Å². The maximum atomic E-state index is 6.09. The van der Waals surface area contributed by atoms with E-state index in [1.807, 2.05) is 6.92 Å². The molecule has 2 unspecified atom stereocenters. The first kappa shape index (κ1) is 16.4. The monoisotopic (exact) mass is 290 g/mol. The van der Waals surface area contributed by atoms with Gasteiger partial charge in [-0.15, -0.1) is 0 Å². The molecule has 2 heteroatoms. The second-order valence-corrected chi connectivity index (χ2v) is 6.12. The molecular formula is C19H30O2. The molecule has 1 aliphatic heterocycles. The van der Waals surface area contributed by atoms with E-state index in [4.69, 9.17) is 9.47 Å².